The van der Waals surface area contributed by atoms with E-state index in [1.165, 1.54) is 13.0 Å². The van der Waals surface area contributed by atoms with E-state index in [1.54, 1.807) is 6.08 Å². The summed E-state index contributed by atoms with van der Waals surface area (Å²) in [4.78, 5) is 21.5. The minimum absolute atomic E-state index is 0.120. The van der Waals surface area contributed by atoms with Gasteiger partial charge in [-0.1, -0.05) is 17.7 Å². The molecule has 1 aliphatic carbocycles. The van der Waals surface area contributed by atoms with E-state index in [1.807, 2.05) is 0 Å². The van der Waals surface area contributed by atoms with Crippen LogP contribution in [0.25, 0.3) is 0 Å². The molecule has 1 rings (SSSR count). The summed E-state index contributed by atoms with van der Waals surface area (Å²) in [6.07, 6.45) is 3.34. The largest absolute Gasteiger partial charge is 0.327 e. The number of amides is 1. The number of hydrogen-bond acceptors (Lipinski definition) is 2. The highest BCUT2D eigenvalue weighted by Crippen LogP contribution is 2.15. The van der Waals surface area contributed by atoms with Gasteiger partial charge in [0.05, 0.1) is 5.03 Å². The van der Waals surface area contributed by atoms with Crippen molar-refractivity contribution in [3.05, 3.63) is 22.9 Å². The molecular formula is C8H8ClNO2. The van der Waals surface area contributed by atoms with E-state index < -0.39 is 0 Å². The number of ketones is 1. The van der Waals surface area contributed by atoms with Crippen LogP contribution in [0.15, 0.2) is 22.9 Å². The van der Waals surface area contributed by atoms with Crippen LogP contribution in [0.4, 0.5) is 0 Å². The molecule has 0 aromatic rings. The molecule has 12 heavy (non-hydrogen) atoms. The molecule has 0 saturated carbocycles. The van der Waals surface area contributed by atoms with Crippen molar-refractivity contribution >= 4 is 23.3 Å². The third-order valence-electron chi connectivity index (χ3n) is 1.38. The lowest BCUT2D eigenvalue weighted by Gasteiger charge is -2.08. The van der Waals surface area contributed by atoms with Crippen LogP contribution >= 0.6 is 11.6 Å². The monoisotopic (exact) mass is 185 g/mol. The van der Waals surface area contributed by atoms with Crippen LogP contribution in [0.3, 0.4) is 0 Å². The van der Waals surface area contributed by atoms with Crippen molar-refractivity contribution in [1.82, 2.24) is 5.32 Å². The molecule has 4 heteroatoms. The van der Waals surface area contributed by atoms with Crippen LogP contribution in [0, 0.1) is 0 Å². The Kier molecular flexibility index (Phi) is 2.65. The van der Waals surface area contributed by atoms with E-state index in [0.29, 0.717) is 5.70 Å². The SMILES string of the molecule is CC(=O)NC1=CCC(=O)C(Cl)=C1. The van der Waals surface area contributed by atoms with Gasteiger partial charge < -0.3 is 5.32 Å². The molecule has 1 N–H and O–H groups in total. The first-order valence-corrected chi connectivity index (χ1v) is 3.85. The van der Waals surface area contributed by atoms with Crippen LogP contribution in [-0.4, -0.2) is 11.7 Å². The topological polar surface area (TPSA) is 46.2 Å². The highest BCUT2D eigenvalue weighted by Gasteiger charge is 2.11. The number of nitrogens with one attached hydrogen (secondary N) is 1. The lowest BCUT2D eigenvalue weighted by Crippen LogP contribution is -2.20. The molecule has 0 atom stereocenters. The normalized spacial score (nSPS) is 16.7. The van der Waals surface area contributed by atoms with Crippen LogP contribution in [0.2, 0.25) is 0 Å². The number of allylic oxidation sites excluding steroid dienone is 3. The maximum Gasteiger partial charge on any atom is 0.221 e. The van der Waals surface area contributed by atoms with E-state index >= 15 is 0 Å². The zero-order valence-electron chi connectivity index (χ0n) is 6.56. The van der Waals surface area contributed by atoms with Crippen molar-refractivity contribution in [3.63, 3.8) is 0 Å². The molecule has 1 aliphatic rings. The van der Waals surface area contributed by atoms with Crippen LogP contribution in [0.1, 0.15) is 13.3 Å². The molecule has 0 aromatic heterocycles. The number of rotatable bonds is 1. The summed E-state index contributed by atoms with van der Waals surface area (Å²) in [6.45, 7) is 1.40. The fraction of sp³-hybridized carbons (Fsp3) is 0.250. The summed E-state index contributed by atoms with van der Waals surface area (Å²) in [6, 6.07) is 0. The summed E-state index contributed by atoms with van der Waals surface area (Å²) < 4.78 is 0. The van der Waals surface area contributed by atoms with Gasteiger partial charge in [0, 0.05) is 19.0 Å². The molecule has 0 aromatic carbocycles. The lowest BCUT2D eigenvalue weighted by molar-refractivity contribution is -0.118. The molecule has 3 nitrogen and oxygen atoms in total. The fourth-order valence-electron chi connectivity index (χ4n) is 0.866. The third kappa shape index (κ3) is 2.20. The Morgan fingerprint density at radius 2 is 2.33 bits per heavy atom. The van der Waals surface area contributed by atoms with Gasteiger partial charge in [-0.05, 0) is 6.08 Å². The summed E-state index contributed by atoms with van der Waals surface area (Å²) in [5.74, 6) is -0.290. The Hall–Kier alpha value is -1.09. The van der Waals surface area contributed by atoms with Gasteiger partial charge in [0.1, 0.15) is 0 Å². The minimum Gasteiger partial charge on any atom is -0.327 e. The zero-order valence-corrected chi connectivity index (χ0v) is 7.31. The van der Waals surface area contributed by atoms with Gasteiger partial charge in [-0.15, -0.1) is 0 Å². The van der Waals surface area contributed by atoms with Gasteiger partial charge in [0.25, 0.3) is 0 Å². The van der Waals surface area contributed by atoms with Gasteiger partial charge >= 0.3 is 0 Å². The standard InChI is InChI=1S/C8H8ClNO2/c1-5(11)10-6-2-3-8(12)7(9)4-6/h2,4H,3H2,1H3,(H,10,11). The highest BCUT2D eigenvalue weighted by atomic mass is 35.5. The predicted molar refractivity (Wildman–Crippen MR) is 45.5 cm³/mol. The van der Waals surface area contributed by atoms with E-state index in [0.717, 1.165) is 0 Å². The Balaban J connectivity index is 2.71. The van der Waals surface area contributed by atoms with Crippen molar-refractivity contribution in [2.75, 3.05) is 0 Å². The minimum atomic E-state index is -0.170. The molecule has 1 amide bonds. The van der Waals surface area contributed by atoms with E-state index in [4.69, 9.17) is 11.6 Å². The van der Waals surface area contributed by atoms with Crippen molar-refractivity contribution in [2.24, 2.45) is 0 Å². The van der Waals surface area contributed by atoms with Crippen molar-refractivity contribution < 1.29 is 9.59 Å². The summed E-state index contributed by atoms with van der Waals surface area (Å²) in [5, 5.41) is 2.71. The van der Waals surface area contributed by atoms with Crippen LogP contribution < -0.4 is 5.32 Å². The number of halogens is 1. The number of Topliss-reactive ketones (excluding diaryl/α,β-unsaturated/α-hetero) is 1. The average Bonchev–Trinajstić information content (AvgIpc) is 1.96. The third-order valence-corrected chi connectivity index (χ3v) is 1.70. The first-order chi connectivity index (χ1) is 5.59. The second kappa shape index (κ2) is 3.54. The van der Waals surface area contributed by atoms with Crippen molar-refractivity contribution in [2.45, 2.75) is 13.3 Å². The first-order valence-electron chi connectivity index (χ1n) is 3.48. The van der Waals surface area contributed by atoms with Crippen LogP contribution in [-0.2, 0) is 9.59 Å². The first kappa shape index (κ1) is 9.00. The maximum atomic E-state index is 10.9. The smallest absolute Gasteiger partial charge is 0.221 e. The van der Waals surface area contributed by atoms with Gasteiger partial charge in [-0.3, -0.25) is 9.59 Å². The number of carbonyl (C=O) groups excluding carboxylic acids is 2. The molecular weight excluding hydrogens is 178 g/mol. The van der Waals surface area contributed by atoms with E-state index in [2.05, 4.69) is 5.32 Å². The van der Waals surface area contributed by atoms with Gasteiger partial charge in [0.15, 0.2) is 5.78 Å². The van der Waals surface area contributed by atoms with Gasteiger partial charge in [0.2, 0.25) is 5.91 Å². The summed E-state index contributed by atoms with van der Waals surface area (Å²) >= 11 is 5.56. The maximum absolute atomic E-state index is 10.9. The second-order valence-corrected chi connectivity index (χ2v) is 2.87. The Bertz CT molecular complexity index is 291. The lowest BCUT2D eigenvalue weighted by atomic mass is 10.1. The molecule has 0 spiro atoms. The summed E-state index contributed by atoms with van der Waals surface area (Å²) in [5.41, 5.74) is 0.590. The van der Waals surface area contributed by atoms with Crippen molar-refractivity contribution in [3.8, 4) is 0 Å². The Labute approximate surface area is 75.1 Å². The molecule has 0 fully saturated rings. The molecule has 0 heterocycles. The molecule has 0 saturated heterocycles. The second-order valence-electron chi connectivity index (χ2n) is 2.46. The predicted octanol–water partition coefficient (Wildman–Crippen LogP) is 1.10. The summed E-state index contributed by atoms with van der Waals surface area (Å²) in [7, 11) is 0. The highest BCUT2D eigenvalue weighted by molar-refractivity contribution is 6.43. The molecule has 0 radical (unpaired) electrons. The van der Waals surface area contributed by atoms with Crippen LogP contribution in [0.5, 0.6) is 0 Å². The quantitative estimate of drug-likeness (QED) is 0.665. The molecule has 0 aliphatic heterocycles. The molecule has 0 bridgehead atoms. The van der Waals surface area contributed by atoms with Gasteiger partial charge in [-0.2, -0.15) is 0 Å². The fourth-order valence-corrected chi connectivity index (χ4v) is 1.06. The Morgan fingerprint density at radius 1 is 1.67 bits per heavy atom. The van der Waals surface area contributed by atoms with Crippen molar-refractivity contribution in [1.29, 1.82) is 0 Å². The van der Waals surface area contributed by atoms with E-state index in [9.17, 15) is 9.59 Å². The molecule has 0 unspecified atom stereocenters. The molecule has 64 valence electrons. The van der Waals surface area contributed by atoms with E-state index in [-0.39, 0.29) is 23.1 Å². The Morgan fingerprint density at radius 3 is 2.83 bits per heavy atom. The zero-order chi connectivity index (χ0) is 9.14. The number of carbonyl (C=O) groups is 2. The number of hydrogen-bond donors (Lipinski definition) is 1. The average molecular weight is 186 g/mol. The van der Waals surface area contributed by atoms with Gasteiger partial charge in [-0.25, -0.2) is 0 Å².